The second-order valence-electron chi connectivity index (χ2n) is 5.51. The van der Waals surface area contributed by atoms with Crippen LogP contribution in [0.1, 0.15) is 11.4 Å². The van der Waals surface area contributed by atoms with Crippen molar-refractivity contribution in [3.8, 4) is 11.1 Å². The smallest absolute Gasteiger partial charge is 0.759 e. The molecular weight excluding hydrogens is 535 g/mol. The summed E-state index contributed by atoms with van der Waals surface area (Å²) in [4.78, 5) is 3.37. The summed E-state index contributed by atoms with van der Waals surface area (Å²) in [5.41, 5.74) is -1.45. The molecule has 0 amide bonds. The van der Waals surface area contributed by atoms with Crippen LogP contribution in [0.4, 0.5) is 26.3 Å². The summed E-state index contributed by atoms with van der Waals surface area (Å²) in [6.07, 6.45) is -9.48. The van der Waals surface area contributed by atoms with Gasteiger partial charge in [0.25, 0.3) is 0 Å². The molecule has 3 aromatic rings. The van der Waals surface area contributed by atoms with Crippen LogP contribution in [0.2, 0.25) is 5.02 Å². The Labute approximate surface area is 231 Å². The maximum atomic E-state index is 13.2. The number of imidazole rings is 1. The Kier molecular flexibility index (Phi) is 11.6. The van der Waals surface area contributed by atoms with Crippen molar-refractivity contribution in [2.75, 3.05) is 0 Å². The van der Waals surface area contributed by atoms with Gasteiger partial charge in [0.15, 0.2) is 0 Å². The number of alkyl halides is 6. The molecule has 0 spiro atoms. The van der Waals surface area contributed by atoms with Crippen LogP contribution in [0.15, 0.2) is 36.4 Å². The second kappa shape index (κ2) is 11.6. The van der Waals surface area contributed by atoms with E-state index in [9.17, 15) is 26.3 Å². The summed E-state index contributed by atoms with van der Waals surface area (Å²) >= 11 is 11.3. The van der Waals surface area contributed by atoms with Gasteiger partial charge in [-0.2, -0.15) is 26.3 Å². The summed E-state index contributed by atoms with van der Waals surface area (Å²) < 4.78 is 113. The van der Waals surface area contributed by atoms with Gasteiger partial charge in [-0.25, -0.2) is 9.07 Å². The topological polar surface area (TPSA) is 98.1 Å². The molecule has 0 saturated heterocycles. The van der Waals surface area contributed by atoms with E-state index in [2.05, 4.69) is 4.98 Å². The zero-order valence-electron chi connectivity index (χ0n) is 15.9. The van der Waals surface area contributed by atoms with E-state index in [0.29, 0.717) is 0 Å². The van der Waals surface area contributed by atoms with Crippen LogP contribution in [0, 0.1) is 0 Å². The minimum Gasteiger partial charge on any atom is -0.759 e. The zero-order valence-corrected chi connectivity index (χ0v) is 22.3. The molecule has 0 fully saturated rings. The Hall–Kier alpha value is -0.0600. The molecule has 17 heteroatoms. The molecule has 0 atom stereocenters. The number of nitrogens with zero attached hydrogens (tertiary/aromatic N) is 2. The summed E-state index contributed by atoms with van der Waals surface area (Å²) in [6, 6.07) is 6.68. The van der Waals surface area contributed by atoms with Gasteiger partial charge >= 0.3 is 71.5 Å². The molecule has 6 nitrogen and oxygen atoms in total. The third-order valence-corrected chi connectivity index (χ3v) is 4.03. The van der Waals surface area contributed by atoms with Crippen LogP contribution >= 0.6 is 23.4 Å². The van der Waals surface area contributed by atoms with Crippen molar-refractivity contribution >= 4 is 44.8 Å². The Morgan fingerprint density at radius 1 is 0.906 bits per heavy atom. The van der Waals surface area contributed by atoms with Crippen LogP contribution in [-0.4, -0.2) is 26.6 Å². The molecule has 164 valence electrons. The predicted octanol–water partition coefficient (Wildman–Crippen LogP) is -0.934. The number of halogens is 8. The fraction of sp³-hybridized carbons (Fsp3) is 0.133. The Morgan fingerprint density at radius 3 is 1.91 bits per heavy atom. The second-order valence-corrected chi connectivity index (χ2v) is 7.10. The van der Waals surface area contributed by atoms with Crippen molar-refractivity contribution < 1.29 is 103 Å². The predicted molar refractivity (Wildman–Crippen MR) is 91.9 cm³/mol. The van der Waals surface area contributed by atoms with E-state index in [1.54, 1.807) is 0 Å². The van der Waals surface area contributed by atoms with Gasteiger partial charge in [-0.3, -0.25) is 8.42 Å². The van der Waals surface area contributed by atoms with Gasteiger partial charge in [0.2, 0.25) is 5.82 Å². The number of aromatic nitrogens is 2. The van der Waals surface area contributed by atoms with Crippen LogP contribution in [0.25, 0.3) is 22.2 Å². The van der Waals surface area contributed by atoms with Gasteiger partial charge in [-0.15, -0.1) is 0 Å². The van der Waals surface area contributed by atoms with Crippen LogP contribution in [0.3, 0.4) is 0 Å². The van der Waals surface area contributed by atoms with Crippen molar-refractivity contribution in [3.05, 3.63) is 52.8 Å². The largest absolute Gasteiger partial charge is 1.00 e. The third kappa shape index (κ3) is 8.62. The summed E-state index contributed by atoms with van der Waals surface area (Å²) in [5, 5.41) is -0.112. The summed E-state index contributed by atoms with van der Waals surface area (Å²) in [5.74, 6) is -1.35. The first-order valence-electron chi connectivity index (χ1n) is 7.28. The van der Waals surface area contributed by atoms with Crippen LogP contribution in [-0.2, 0) is 22.8 Å². The van der Waals surface area contributed by atoms with Gasteiger partial charge in [-0.1, -0.05) is 23.7 Å². The van der Waals surface area contributed by atoms with Crippen molar-refractivity contribution in [2.24, 2.45) is 0 Å². The maximum Gasteiger partial charge on any atom is 1.00 e. The van der Waals surface area contributed by atoms with Crippen LogP contribution in [0.5, 0.6) is 0 Å². The summed E-state index contributed by atoms with van der Waals surface area (Å²) in [7, 11) is -5.17. The molecule has 0 aliphatic heterocycles. The molecule has 0 aliphatic rings. The van der Waals surface area contributed by atoms with E-state index in [1.165, 1.54) is 18.2 Å². The molecule has 0 saturated carbocycles. The number of fused-ring (bicyclic) bond motifs is 1. The molecule has 1 heterocycles. The number of benzene rings is 2. The van der Waals surface area contributed by atoms with Crippen LogP contribution < -0.4 is 59.1 Å². The van der Waals surface area contributed by atoms with E-state index in [1.807, 2.05) is 0 Å². The molecule has 0 radical (unpaired) electrons. The molecular formula is C15H6Cl2F6N2Na2O4S. The minimum atomic E-state index is -5.17. The standard InChI is InChI=1S/C15H6Cl2F6N2.2Na.H2O4S/c16-8-2-3-9(10(6-8)14(18,19)20)7-1-4-11-12(5-7)25(17)13(24-11)15(21,22)23;;;1-5(2,3)4/h1-6H;;;(H2,1,2,3,4)/q;2*+1;/p-2. The fourth-order valence-corrected chi connectivity index (χ4v) is 2.83. The van der Waals surface area contributed by atoms with Gasteiger partial charge in [0, 0.05) is 27.2 Å². The molecule has 3 rings (SSSR count). The molecule has 0 bridgehead atoms. The normalized spacial score (nSPS) is 11.8. The number of rotatable bonds is 1. The molecule has 0 aliphatic carbocycles. The van der Waals surface area contributed by atoms with E-state index in [4.69, 9.17) is 40.9 Å². The average Bonchev–Trinajstić information content (AvgIpc) is 2.89. The molecule has 1 aromatic heterocycles. The third-order valence-electron chi connectivity index (χ3n) is 3.45. The van der Waals surface area contributed by atoms with E-state index in [-0.39, 0.29) is 90.4 Å². The monoisotopic (exact) mass is 540 g/mol. The quantitative estimate of drug-likeness (QED) is 0.172. The molecule has 0 unspecified atom stereocenters. The Balaban J connectivity index is 0.00000124. The number of hydrogen-bond acceptors (Lipinski definition) is 5. The Morgan fingerprint density at radius 2 is 1.44 bits per heavy atom. The number of hydrogen-bond donors (Lipinski definition) is 0. The first-order valence-corrected chi connectivity index (χ1v) is 9.33. The maximum absolute atomic E-state index is 13.2. The molecule has 0 N–H and O–H groups in total. The van der Waals surface area contributed by atoms with Gasteiger partial charge < -0.3 is 9.11 Å². The van der Waals surface area contributed by atoms with Crippen molar-refractivity contribution in [1.82, 2.24) is 9.07 Å². The minimum absolute atomic E-state index is 0. The van der Waals surface area contributed by atoms with Gasteiger partial charge in [0.05, 0.1) is 16.6 Å². The first-order chi connectivity index (χ1) is 13.5. The van der Waals surface area contributed by atoms with Gasteiger partial charge in [-0.05, 0) is 35.4 Å². The zero-order chi connectivity index (χ0) is 23.1. The van der Waals surface area contributed by atoms with Crippen molar-refractivity contribution in [2.45, 2.75) is 12.4 Å². The average molecular weight is 541 g/mol. The molecule has 2 aromatic carbocycles. The SMILES string of the molecule is FC(F)(F)c1cc(Cl)ccc1-c1ccc2nc(C(F)(F)F)n(Cl)c2c1.O=S(=O)([O-])[O-].[Na+].[Na+]. The van der Waals surface area contributed by atoms with E-state index >= 15 is 0 Å². The van der Waals surface area contributed by atoms with E-state index < -0.39 is 34.1 Å². The summed E-state index contributed by atoms with van der Waals surface area (Å²) in [6.45, 7) is 0. The van der Waals surface area contributed by atoms with E-state index in [0.717, 1.165) is 18.2 Å². The first kappa shape index (κ1) is 31.9. The van der Waals surface area contributed by atoms with Crippen molar-refractivity contribution in [3.63, 3.8) is 0 Å². The molecule has 32 heavy (non-hydrogen) atoms. The van der Waals surface area contributed by atoms with Crippen molar-refractivity contribution in [1.29, 1.82) is 0 Å². The van der Waals surface area contributed by atoms with Gasteiger partial charge in [0.1, 0.15) is 0 Å². The fourth-order valence-electron chi connectivity index (χ4n) is 2.39. The Bertz CT molecular complexity index is 1200.